The van der Waals surface area contributed by atoms with Crippen molar-refractivity contribution >= 4 is 24.5 Å². The van der Waals surface area contributed by atoms with Gasteiger partial charge in [-0.1, -0.05) is 0 Å². The Morgan fingerprint density at radius 2 is 2.05 bits per heavy atom. The van der Waals surface area contributed by atoms with Crippen molar-refractivity contribution in [3.05, 3.63) is 11.4 Å². The normalized spacial score (nSPS) is 17.1. The van der Waals surface area contributed by atoms with E-state index < -0.39 is 18.4 Å². The summed E-state index contributed by atoms with van der Waals surface area (Å²) in [6, 6.07) is 0.0192. The largest absolute Gasteiger partial charge is 0.480 e. The van der Waals surface area contributed by atoms with E-state index in [9.17, 15) is 14.4 Å². The van der Waals surface area contributed by atoms with Gasteiger partial charge in [-0.05, 0) is 25.9 Å². The molecule has 6 N–H and O–H groups in total. The van der Waals surface area contributed by atoms with Gasteiger partial charge < -0.3 is 26.8 Å². The molecule has 1 rings (SSSR count). The maximum Gasteiger partial charge on any atom is 0.325 e. The summed E-state index contributed by atoms with van der Waals surface area (Å²) < 4.78 is 0. The lowest BCUT2D eigenvalue weighted by Crippen LogP contribution is -2.44. The fourth-order valence-electron chi connectivity index (χ4n) is 1.81. The minimum Gasteiger partial charge on any atom is -0.480 e. The number of piperidine rings is 1. The molecule has 0 saturated carbocycles. The minimum absolute atomic E-state index is 0.0192. The monoisotopic (exact) mass is 297 g/mol. The van der Waals surface area contributed by atoms with Crippen molar-refractivity contribution in [1.82, 2.24) is 16.0 Å². The number of amides is 2. The van der Waals surface area contributed by atoms with E-state index in [1.807, 2.05) is 0 Å². The Hall–Kier alpha value is -2.42. The van der Waals surface area contributed by atoms with Crippen LogP contribution in [0.2, 0.25) is 0 Å². The number of allylic oxidation sites excluding steroid dienone is 1. The summed E-state index contributed by atoms with van der Waals surface area (Å²) in [4.78, 5) is 36.4. The molecule has 1 aliphatic heterocycles. The Kier molecular flexibility index (Phi) is 6.88. The van der Waals surface area contributed by atoms with Gasteiger partial charge in [0.05, 0.1) is 5.70 Å². The second-order valence-electron chi connectivity index (χ2n) is 4.45. The number of hydrogen-bond donors (Lipinski definition) is 5. The average molecular weight is 297 g/mol. The SMILES string of the molecule is N/C(C(=O)NC1CCNCC1)=C(\C=NCC(=O)O)NC=O. The molecule has 0 aromatic rings. The molecule has 0 aliphatic carbocycles. The van der Waals surface area contributed by atoms with Crippen molar-refractivity contribution < 1.29 is 19.5 Å². The summed E-state index contributed by atoms with van der Waals surface area (Å²) in [6.45, 7) is 1.15. The third-order valence-electron chi connectivity index (χ3n) is 2.87. The molecule has 116 valence electrons. The van der Waals surface area contributed by atoms with Crippen LogP contribution in [0.4, 0.5) is 0 Å². The molecule has 0 spiro atoms. The summed E-state index contributed by atoms with van der Waals surface area (Å²) in [5.74, 6) is -1.65. The zero-order chi connectivity index (χ0) is 15.7. The standard InChI is InChI=1S/C12H19N5O4/c13-11(9(16-7-18)5-15-6-10(19)20)12(21)17-8-1-3-14-4-2-8/h5,7-8,14H,1-4,6,13H2,(H,16,18)(H,17,21)(H,19,20)/b11-9+,15-5?. The number of rotatable bonds is 7. The highest BCUT2D eigenvalue weighted by Crippen LogP contribution is 2.03. The molecular formula is C12H19N5O4. The second kappa shape index (κ2) is 8.69. The van der Waals surface area contributed by atoms with E-state index in [1.54, 1.807) is 0 Å². The average Bonchev–Trinajstić information content (AvgIpc) is 2.46. The van der Waals surface area contributed by atoms with Crippen LogP contribution < -0.4 is 21.7 Å². The van der Waals surface area contributed by atoms with E-state index in [0.29, 0.717) is 6.41 Å². The molecule has 1 heterocycles. The van der Waals surface area contributed by atoms with E-state index in [2.05, 4.69) is 20.9 Å². The third kappa shape index (κ3) is 6.04. The lowest BCUT2D eigenvalue weighted by molar-refractivity contribution is -0.135. The van der Waals surface area contributed by atoms with Crippen LogP contribution in [0.1, 0.15) is 12.8 Å². The van der Waals surface area contributed by atoms with Gasteiger partial charge in [0, 0.05) is 12.3 Å². The zero-order valence-electron chi connectivity index (χ0n) is 11.5. The van der Waals surface area contributed by atoms with Gasteiger partial charge in [0.2, 0.25) is 6.41 Å². The van der Waals surface area contributed by atoms with Gasteiger partial charge in [-0.25, -0.2) is 0 Å². The first-order valence-corrected chi connectivity index (χ1v) is 6.47. The van der Waals surface area contributed by atoms with E-state index in [4.69, 9.17) is 10.8 Å². The molecule has 2 amide bonds. The van der Waals surface area contributed by atoms with Crippen LogP contribution in [0.3, 0.4) is 0 Å². The predicted molar refractivity (Wildman–Crippen MR) is 75.4 cm³/mol. The summed E-state index contributed by atoms with van der Waals surface area (Å²) in [6.07, 6.45) is 2.98. The number of nitrogens with two attached hydrogens (primary N) is 1. The van der Waals surface area contributed by atoms with E-state index in [0.717, 1.165) is 32.1 Å². The fraction of sp³-hybridized carbons (Fsp3) is 0.500. The first-order valence-electron chi connectivity index (χ1n) is 6.47. The van der Waals surface area contributed by atoms with Crippen LogP contribution in [0, 0.1) is 0 Å². The van der Waals surface area contributed by atoms with Crippen molar-refractivity contribution in [2.45, 2.75) is 18.9 Å². The summed E-state index contributed by atoms with van der Waals surface area (Å²) in [5.41, 5.74) is 5.43. The molecule has 0 bridgehead atoms. The summed E-state index contributed by atoms with van der Waals surface area (Å²) in [7, 11) is 0. The highest BCUT2D eigenvalue weighted by atomic mass is 16.4. The first-order chi connectivity index (χ1) is 10.0. The molecule has 1 fully saturated rings. The fourth-order valence-corrected chi connectivity index (χ4v) is 1.81. The molecule has 9 heteroatoms. The van der Waals surface area contributed by atoms with Gasteiger partial charge in [-0.15, -0.1) is 0 Å². The smallest absolute Gasteiger partial charge is 0.325 e. The highest BCUT2D eigenvalue weighted by molar-refractivity contribution is 6.00. The molecule has 9 nitrogen and oxygen atoms in total. The molecule has 0 aromatic carbocycles. The van der Waals surface area contributed by atoms with Gasteiger partial charge in [0.15, 0.2) is 0 Å². The molecule has 0 radical (unpaired) electrons. The topological polar surface area (TPSA) is 146 Å². The van der Waals surface area contributed by atoms with Gasteiger partial charge in [-0.2, -0.15) is 0 Å². The lowest BCUT2D eigenvalue weighted by atomic mass is 10.1. The van der Waals surface area contributed by atoms with E-state index in [-0.39, 0.29) is 17.4 Å². The van der Waals surface area contributed by atoms with Crippen molar-refractivity contribution in [3.8, 4) is 0 Å². The van der Waals surface area contributed by atoms with Crippen LogP contribution in [0.5, 0.6) is 0 Å². The molecule has 0 unspecified atom stereocenters. The van der Waals surface area contributed by atoms with Crippen molar-refractivity contribution in [2.24, 2.45) is 10.7 Å². The molecule has 21 heavy (non-hydrogen) atoms. The molecule has 1 saturated heterocycles. The number of carboxylic acids is 1. The number of hydrogen-bond acceptors (Lipinski definition) is 6. The number of nitrogens with one attached hydrogen (secondary N) is 3. The van der Waals surface area contributed by atoms with Crippen LogP contribution in [-0.2, 0) is 14.4 Å². The Bertz CT molecular complexity index is 455. The van der Waals surface area contributed by atoms with Crippen molar-refractivity contribution in [1.29, 1.82) is 0 Å². The molecular weight excluding hydrogens is 278 g/mol. The van der Waals surface area contributed by atoms with Crippen LogP contribution in [0.15, 0.2) is 16.4 Å². The Morgan fingerprint density at radius 3 is 2.62 bits per heavy atom. The van der Waals surface area contributed by atoms with Gasteiger partial charge >= 0.3 is 5.97 Å². The maximum absolute atomic E-state index is 12.0. The molecule has 1 aliphatic rings. The quantitative estimate of drug-likeness (QED) is 0.207. The summed E-state index contributed by atoms with van der Waals surface area (Å²) in [5, 5.41) is 16.6. The Balaban J connectivity index is 2.71. The second-order valence-corrected chi connectivity index (χ2v) is 4.45. The van der Waals surface area contributed by atoms with Gasteiger partial charge in [0.1, 0.15) is 12.2 Å². The number of carboxylic acid groups (broad SMARTS) is 1. The minimum atomic E-state index is -1.13. The van der Waals surface area contributed by atoms with Gasteiger partial charge in [-0.3, -0.25) is 19.4 Å². The Labute approximate surface area is 121 Å². The number of nitrogens with zero attached hydrogens (tertiary/aromatic N) is 1. The first kappa shape index (κ1) is 16.6. The number of aliphatic imine (C=N–C) groups is 1. The molecule has 0 atom stereocenters. The Morgan fingerprint density at radius 1 is 1.38 bits per heavy atom. The van der Waals surface area contributed by atoms with E-state index >= 15 is 0 Å². The summed E-state index contributed by atoms with van der Waals surface area (Å²) >= 11 is 0. The highest BCUT2D eigenvalue weighted by Gasteiger charge is 2.18. The van der Waals surface area contributed by atoms with Crippen molar-refractivity contribution in [3.63, 3.8) is 0 Å². The third-order valence-corrected chi connectivity index (χ3v) is 2.87. The lowest BCUT2D eigenvalue weighted by Gasteiger charge is -2.23. The zero-order valence-corrected chi connectivity index (χ0v) is 11.5. The predicted octanol–water partition coefficient (Wildman–Crippen LogP) is -2.07. The van der Waals surface area contributed by atoms with E-state index in [1.165, 1.54) is 0 Å². The van der Waals surface area contributed by atoms with Crippen LogP contribution >= 0.6 is 0 Å². The number of carbonyl (C=O) groups excluding carboxylic acids is 2. The van der Waals surface area contributed by atoms with Gasteiger partial charge in [0.25, 0.3) is 5.91 Å². The van der Waals surface area contributed by atoms with Crippen LogP contribution in [0.25, 0.3) is 0 Å². The van der Waals surface area contributed by atoms with Crippen LogP contribution in [-0.4, -0.2) is 55.3 Å². The van der Waals surface area contributed by atoms with Crippen molar-refractivity contribution in [2.75, 3.05) is 19.6 Å². The maximum atomic E-state index is 12.0. The number of carbonyl (C=O) groups is 3. The number of aliphatic carboxylic acids is 1. The molecule has 0 aromatic heterocycles.